The summed E-state index contributed by atoms with van der Waals surface area (Å²) < 4.78 is 10.8. The molecule has 0 saturated carbocycles. The summed E-state index contributed by atoms with van der Waals surface area (Å²) in [6, 6.07) is 14.6. The van der Waals surface area contributed by atoms with Crippen molar-refractivity contribution in [2.45, 2.75) is 6.54 Å². The van der Waals surface area contributed by atoms with E-state index in [1.54, 1.807) is 43.5 Å². The predicted molar refractivity (Wildman–Crippen MR) is 101 cm³/mol. The lowest BCUT2D eigenvalue weighted by molar-refractivity contribution is -0.116. The molecule has 0 aliphatic carbocycles. The van der Waals surface area contributed by atoms with Crippen LogP contribution in [0.1, 0.15) is 16.7 Å². The second kappa shape index (κ2) is 9.70. The normalized spacial score (nSPS) is 10.2. The van der Waals surface area contributed by atoms with Gasteiger partial charge < -0.3 is 14.8 Å². The van der Waals surface area contributed by atoms with Crippen LogP contribution in [0.3, 0.4) is 0 Å². The Morgan fingerprint density at radius 1 is 1.23 bits per heavy atom. The van der Waals surface area contributed by atoms with Crippen LogP contribution in [0.15, 0.2) is 61.2 Å². The Labute approximate surface area is 153 Å². The van der Waals surface area contributed by atoms with Gasteiger partial charge in [0.25, 0.3) is 0 Å². The number of carbonyl (C=O) groups is 1. The molecule has 1 N–H and O–H groups in total. The molecule has 26 heavy (non-hydrogen) atoms. The largest absolute Gasteiger partial charge is 0.493 e. The number of ether oxygens (including phenoxy) is 2. The summed E-state index contributed by atoms with van der Waals surface area (Å²) in [6.07, 6.45) is 4.82. The summed E-state index contributed by atoms with van der Waals surface area (Å²) >= 11 is 0. The first-order valence-electron chi connectivity index (χ1n) is 8.03. The van der Waals surface area contributed by atoms with E-state index in [0.29, 0.717) is 30.2 Å². The number of rotatable bonds is 8. The minimum atomic E-state index is -0.208. The van der Waals surface area contributed by atoms with Crippen LogP contribution in [0.5, 0.6) is 11.5 Å². The first-order chi connectivity index (χ1) is 12.7. The number of nitrogens with one attached hydrogen (secondary N) is 1. The maximum Gasteiger partial charge on any atom is 0.244 e. The SMILES string of the molecule is C=CCOc1ccc(/C=C/C(=O)NCc2ccc(C#N)cc2)cc1OC. The van der Waals surface area contributed by atoms with Crippen molar-refractivity contribution >= 4 is 12.0 Å². The number of methoxy groups -OCH3 is 1. The molecule has 0 saturated heterocycles. The maximum atomic E-state index is 12.0. The van der Waals surface area contributed by atoms with E-state index in [1.807, 2.05) is 18.2 Å². The van der Waals surface area contributed by atoms with E-state index in [9.17, 15) is 4.79 Å². The van der Waals surface area contributed by atoms with Crippen LogP contribution in [0.2, 0.25) is 0 Å². The first-order valence-corrected chi connectivity index (χ1v) is 8.03. The van der Waals surface area contributed by atoms with Crippen molar-refractivity contribution in [3.05, 3.63) is 77.9 Å². The molecule has 1 amide bonds. The van der Waals surface area contributed by atoms with E-state index >= 15 is 0 Å². The van der Waals surface area contributed by atoms with Crippen molar-refractivity contribution < 1.29 is 14.3 Å². The van der Waals surface area contributed by atoms with E-state index in [0.717, 1.165) is 11.1 Å². The van der Waals surface area contributed by atoms with Gasteiger partial charge >= 0.3 is 0 Å². The monoisotopic (exact) mass is 348 g/mol. The Hall–Kier alpha value is -3.52. The summed E-state index contributed by atoms with van der Waals surface area (Å²) in [6.45, 7) is 4.40. The molecule has 0 aliphatic heterocycles. The molecule has 0 radical (unpaired) electrons. The average molecular weight is 348 g/mol. The minimum Gasteiger partial charge on any atom is -0.493 e. The van der Waals surface area contributed by atoms with Crippen molar-refractivity contribution in [3.8, 4) is 17.6 Å². The van der Waals surface area contributed by atoms with E-state index in [1.165, 1.54) is 6.08 Å². The number of hydrogen-bond acceptors (Lipinski definition) is 4. The molecule has 2 aromatic carbocycles. The van der Waals surface area contributed by atoms with Gasteiger partial charge in [0.1, 0.15) is 6.61 Å². The lowest BCUT2D eigenvalue weighted by atomic mass is 10.1. The number of nitriles is 1. The summed E-state index contributed by atoms with van der Waals surface area (Å²) in [5, 5.41) is 11.6. The maximum absolute atomic E-state index is 12.0. The number of hydrogen-bond donors (Lipinski definition) is 1. The van der Waals surface area contributed by atoms with Crippen LogP contribution < -0.4 is 14.8 Å². The van der Waals surface area contributed by atoms with Crippen LogP contribution in [-0.2, 0) is 11.3 Å². The molecule has 2 rings (SSSR count). The standard InChI is InChI=1S/C21H20N2O3/c1-3-12-26-19-10-8-16(13-20(19)25-2)9-11-21(24)23-15-18-6-4-17(14-22)5-7-18/h3-11,13H,1,12,15H2,2H3,(H,23,24)/b11-9+. The van der Waals surface area contributed by atoms with Crippen LogP contribution in [0.4, 0.5) is 0 Å². The zero-order valence-corrected chi connectivity index (χ0v) is 14.6. The molecule has 0 aliphatic rings. The molecule has 0 heterocycles. The molecular weight excluding hydrogens is 328 g/mol. The molecule has 2 aromatic rings. The zero-order chi connectivity index (χ0) is 18.8. The van der Waals surface area contributed by atoms with Gasteiger partial charge in [-0.1, -0.05) is 30.9 Å². The molecule has 0 unspecified atom stereocenters. The first kappa shape index (κ1) is 18.8. The van der Waals surface area contributed by atoms with Gasteiger partial charge in [-0.2, -0.15) is 5.26 Å². The predicted octanol–water partition coefficient (Wildman–Crippen LogP) is 3.46. The van der Waals surface area contributed by atoms with Gasteiger partial charge in [-0.05, 0) is 41.5 Å². The fourth-order valence-electron chi connectivity index (χ4n) is 2.17. The Morgan fingerprint density at radius 3 is 2.65 bits per heavy atom. The third kappa shape index (κ3) is 5.53. The molecule has 0 atom stereocenters. The third-order valence-electron chi connectivity index (χ3n) is 3.52. The fourth-order valence-corrected chi connectivity index (χ4v) is 2.17. The smallest absolute Gasteiger partial charge is 0.244 e. The van der Waals surface area contributed by atoms with Gasteiger partial charge in [-0.15, -0.1) is 0 Å². The lowest BCUT2D eigenvalue weighted by Gasteiger charge is -2.09. The zero-order valence-electron chi connectivity index (χ0n) is 14.6. The van der Waals surface area contributed by atoms with Gasteiger partial charge in [0.2, 0.25) is 5.91 Å². The highest BCUT2D eigenvalue weighted by molar-refractivity contribution is 5.91. The molecular formula is C21H20N2O3. The summed E-state index contributed by atoms with van der Waals surface area (Å²) in [7, 11) is 1.56. The highest BCUT2D eigenvalue weighted by Crippen LogP contribution is 2.28. The minimum absolute atomic E-state index is 0.208. The number of carbonyl (C=O) groups excluding carboxylic acids is 1. The topological polar surface area (TPSA) is 71.3 Å². The molecule has 0 bridgehead atoms. The lowest BCUT2D eigenvalue weighted by Crippen LogP contribution is -2.20. The third-order valence-corrected chi connectivity index (χ3v) is 3.52. The van der Waals surface area contributed by atoms with E-state index in [4.69, 9.17) is 14.7 Å². The second-order valence-electron chi connectivity index (χ2n) is 5.37. The van der Waals surface area contributed by atoms with Gasteiger partial charge in [0, 0.05) is 12.6 Å². The number of amides is 1. The molecule has 0 fully saturated rings. The van der Waals surface area contributed by atoms with Crippen LogP contribution in [0.25, 0.3) is 6.08 Å². The Morgan fingerprint density at radius 2 is 2.00 bits per heavy atom. The van der Waals surface area contributed by atoms with Crippen molar-refractivity contribution in [2.24, 2.45) is 0 Å². The summed E-state index contributed by atoms with van der Waals surface area (Å²) in [4.78, 5) is 12.0. The molecule has 0 spiro atoms. The molecule has 5 nitrogen and oxygen atoms in total. The Kier molecular flexibility index (Phi) is 7.02. The Balaban J connectivity index is 1.94. The summed E-state index contributed by atoms with van der Waals surface area (Å²) in [5.41, 5.74) is 2.34. The van der Waals surface area contributed by atoms with Crippen molar-refractivity contribution in [3.63, 3.8) is 0 Å². The van der Waals surface area contributed by atoms with E-state index < -0.39 is 0 Å². The number of benzene rings is 2. The average Bonchev–Trinajstić information content (AvgIpc) is 2.69. The molecule has 0 aromatic heterocycles. The van der Waals surface area contributed by atoms with Crippen LogP contribution >= 0.6 is 0 Å². The van der Waals surface area contributed by atoms with Crippen LogP contribution in [-0.4, -0.2) is 19.6 Å². The quantitative estimate of drug-likeness (QED) is 0.586. The Bertz CT molecular complexity index is 833. The highest BCUT2D eigenvalue weighted by Gasteiger charge is 2.04. The van der Waals surface area contributed by atoms with E-state index in [2.05, 4.69) is 18.0 Å². The second-order valence-corrected chi connectivity index (χ2v) is 5.37. The van der Waals surface area contributed by atoms with Crippen molar-refractivity contribution in [1.29, 1.82) is 5.26 Å². The molecule has 5 heteroatoms. The summed E-state index contributed by atoms with van der Waals surface area (Å²) in [5.74, 6) is 1.00. The van der Waals surface area contributed by atoms with Gasteiger partial charge in [-0.3, -0.25) is 4.79 Å². The van der Waals surface area contributed by atoms with Gasteiger partial charge in [-0.25, -0.2) is 0 Å². The van der Waals surface area contributed by atoms with E-state index in [-0.39, 0.29) is 5.91 Å². The van der Waals surface area contributed by atoms with Gasteiger partial charge in [0.05, 0.1) is 18.7 Å². The van der Waals surface area contributed by atoms with Crippen LogP contribution in [0, 0.1) is 11.3 Å². The number of nitrogens with zero attached hydrogens (tertiary/aromatic N) is 1. The highest BCUT2D eigenvalue weighted by atomic mass is 16.5. The fraction of sp³-hybridized carbons (Fsp3) is 0.143. The van der Waals surface area contributed by atoms with Crippen molar-refractivity contribution in [1.82, 2.24) is 5.32 Å². The van der Waals surface area contributed by atoms with Crippen molar-refractivity contribution in [2.75, 3.05) is 13.7 Å². The molecule has 132 valence electrons. The van der Waals surface area contributed by atoms with Gasteiger partial charge in [0.15, 0.2) is 11.5 Å².